The second kappa shape index (κ2) is 7.01. The summed E-state index contributed by atoms with van der Waals surface area (Å²) >= 11 is 0. The number of alkyl halides is 3. The lowest BCUT2D eigenvalue weighted by Gasteiger charge is -2.23. The molecule has 1 aromatic rings. The van der Waals surface area contributed by atoms with Crippen LogP contribution < -0.4 is 10.1 Å². The highest BCUT2D eigenvalue weighted by atomic mass is 19.4. The standard InChI is InChI=1S/C17H22F3NO3/c1-16(2,7-8-22)10-21-15(23)14-9-13(14)11-3-5-12(6-4-11)24-17(18,19)20/h3-6,13-14,22H,7-10H2,1-2H3,(H,21,23). The molecule has 1 aliphatic carbocycles. The average molecular weight is 345 g/mol. The second-order valence-corrected chi connectivity index (χ2v) is 6.92. The lowest BCUT2D eigenvalue weighted by atomic mass is 9.89. The summed E-state index contributed by atoms with van der Waals surface area (Å²) in [5, 5.41) is 11.9. The highest BCUT2D eigenvalue weighted by Crippen LogP contribution is 2.48. The van der Waals surface area contributed by atoms with Gasteiger partial charge in [-0.05, 0) is 41.9 Å². The van der Waals surface area contributed by atoms with Crippen molar-refractivity contribution < 1.29 is 27.8 Å². The van der Waals surface area contributed by atoms with Crippen LogP contribution in [0.1, 0.15) is 38.2 Å². The topological polar surface area (TPSA) is 58.6 Å². The van der Waals surface area contributed by atoms with Crippen molar-refractivity contribution in [3.8, 4) is 5.75 Å². The first-order valence-corrected chi connectivity index (χ1v) is 7.85. The predicted octanol–water partition coefficient (Wildman–Crippen LogP) is 3.21. The van der Waals surface area contributed by atoms with E-state index >= 15 is 0 Å². The van der Waals surface area contributed by atoms with Crippen molar-refractivity contribution in [3.63, 3.8) is 0 Å². The maximum absolute atomic E-state index is 12.1. The largest absolute Gasteiger partial charge is 0.573 e. The third-order valence-electron chi connectivity index (χ3n) is 4.20. The molecule has 134 valence electrons. The number of hydrogen-bond donors (Lipinski definition) is 2. The van der Waals surface area contributed by atoms with Crippen molar-refractivity contribution in [2.75, 3.05) is 13.2 Å². The van der Waals surface area contributed by atoms with Crippen LogP contribution in [-0.2, 0) is 4.79 Å². The van der Waals surface area contributed by atoms with Crippen molar-refractivity contribution >= 4 is 5.91 Å². The summed E-state index contributed by atoms with van der Waals surface area (Å²) in [6, 6.07) is 5.66. The Hall–Kier alpha value is -1.76. The molecule has 0 heterocycles. The first-order valence-electron chi connectivity index (χ1n) is 7.85. The van der Waals surface area contributed by atoms with Gasteiger partial charge in [0.15, 0.2) is 0 Å². The lowest BCUT2D eigenvalue weighted by molar-refractivity contribution is -0.274. The number of nitrogens with one attached hydrogen (secondary N) is 1. The Morgan fingerprint density at radius 1 is 1.29 bits per heavy atom. The van der Waals surface area contributed by atoms with E-state index in [4.69, 9.17) is 5.11 Å². The molecule has 0 saturated heterocycles. The maximum atomic E-state index is 12.1. The first-order chi connectivity index (χ1) is 11.1. The van der Waals surface area contributed by atoms with Gasteiger partial charge in [0.1, 0.15) is 5.75 Å². The number of aliphatic hydroxyl groups is 1. The molecule has 0 aliphatic heterocycles. The molecule has 4 nitrogen and oxygen atoms in total. The minimum absolute atomic E-state index is 0.0332. The van der Waals surface area contributed by atoms with Gasteiger partial charge in [0.25, 0.3) is 0 Å². The molecule has 2 atom stereocenters. The van der Waals surface area contributed by atoms with Gasteiger partial charge in [0.2, 0.25) is 5.91 Å². The molecular weight excluding hydrogens is 323 g/mol. The van der Waals surface area contributed by atoms with Crippen LogP contribution in [0.15, 0.2) is 24.3 Å². The smallest absolute Gasteiger partial charge is 0.406 e. The summed E-state index contributed by atoms with van der Waals surface area (Å²) < 4.78 is 40.2. The zero-order chi connectivity index (χ0) is 18.0. The van der Waals surface area contributed by atoms with Crippen molar-refractivity contribution in [3.05, 3.63) is 29.8 Å². The Balaban J connectivity index is 1.85. The van der Waals surface area contributed by atoms with Gasteiger partial charge < -0.3 is 15.2 Å². The molecule has 1 aliphatic rings. The van der Waals surface area contributed by atoms with Crippen LogP contribution >= 0.6 is 0 Å². The van der Waals surface area contributed by atoms with Crippen LogP contribution in [-0.4, -0.2) is 30.5 Å². The number of rotatable bonds is 7. The number of carbonyl (C=O) groups excluding carboxylic acids is 1. The minimum atomic E-state index is -4.70. The Morgan fingerprint density at radius 2 is 1.92 bits per heavy atom. The summed E-state index contributed by atoms with van der Waals surface area (Å²) in [6.45, 7) is 4.48. The quantitative estimate of drug-likeness (QED) is 0.798. The zero-order valence-electron chi connectivity index (χ0n) is 13.7. The van der Waals surface area contributed by atoms with E-state index in [9.17, 15) is 18.0 Å². The molecule has 24 heavy (non-hydrogen) atoms. The van der Waals surface area contributed by atoms with Gasteiger partial charge in [0, 0.05) is 19.1 Å². The number of halogens is 3. The normalized spacial score (nSPS) is 20.6. The third-order valence-corrected chi connectivity index (χ3v) is 4.20. The fraction of sp³-hybridized carbons (Fsp3) is 0.588. The van der Waals surface area contributed by atoms with Crippen LogP contribution in [0.5, 0.6) is 5.75 Å². The molecular formula is C17H22F3NO3. The molecule has 7 heteroatoms. The van der Waals surface area contributed by atoms with Crippen molar-refractivity contribution in [1.82, 2.24) is 5.32 Å². The van der Waals surface area contributed by atoms with Crippen LogP contribution in [0.4, 0.5) is 13.2 Å². The molecule has 2 unspecified atom stereocenters. The minimum Gasteiger partial charge on any atom is -0.406 e. The number of amides is 1. The molecule has 0 radical (unpaired) electrons. The van der Waals surface area contributed by atoms with Gasteiger partial charge in [0.05, 0.1) is 0 Å². The summed E-state index contributed by atoms with van der Waals surface area (Å²) in [7, 11) is 0. The van der Waals surface area contributed by atoms with Gasteiger partial charge in [-0.2, -0.15) is 0 Å². The lowest BCUT2D eigenvalue weighted by Crippen LogP contribution is -2.35. The van der Waals surface area contributed by atoms with Crippen molar-refractivity contribution in [2.45, 2.75) is 39.0 Å². The SMILES string of the molecule is CC(C)(CCO)CNC(=O)C1CC1c1ccc(OC(F)(F)F)cc1. The molecule has 1 amide bonds. The summed E-state index contributed by atoms with van der Waals surface area (Å²) in [6.07, 6.45) is -3.42. The fourth-order valence-electron chi connectivity index (χ4n) is 2.62. The fourth-order valence-corrected chi connectivity index (χ4v) is 2.62. The van der Waals surface area contributed by atoms with Crippen LogP contribution in [0.2, 0.25) is 0 Å². The summed E-state index contributed by atoms with van der Waals surface area (Å²) in [4.78, 5) is 12.1. The summed E-state index contributed by atoms with van der Waals surface area (Å²) in [5.74, 6) is -0.435. The molecule has 1 aromatic carbocycles. The third kappa shape index (κ3) is 5.40. The first kappa shape index (κ1) is 18.6. The second-order valence-electron chi connectivity index (χ2n) is 6.92. The van der Waals surface area contributed by atoms with E-state index < -0.39 is 6.36 Å². The predicted molar refractivity (Wildman–Crippen MR) is 82.5 cm³/mol. The van der Waals surface area contributed by atoms with E-state index in [1.165, 1.54) is 12.1 Å². The Kier molecular flexibility index (Phi) is 5.42. The molecule has 0 bridgehead atoms. The number of benzene rings is 1. The van der Waals surface area contributed by atoms with Crippen LogP contribution in [0, 0.1) is 11.3 Å². The van der Waals surface area contributed by atoms with E-state index in [1.54, 1.807) is 12.1 Å². The monoisotopic (exact) mass is 345 g/mol. The average Bonchev–Trinajstić information content (AvgIpc) is 3.24. The number of hydrogen-bond acceptors (Lipinski definition) is 3. The molecule has 2 rings (SSSR count). The van der Waals surface area contributed by atoms with Crippen molar-refractivity contribution in [1.29, 1.82) is 0 Å². The molecule has 2 N–H and O–H groups in total. The van der Waals surface area contributed by atoms with E-state index in [1.807, 2.05) is 13.8 Å². The van der Waals surface area contributed by atoms with E-state index in [-0.39, 0.29) is 35.5 Å². The van der Waals surface area contributed by atoms with E-state index in [0.29, 0.717) is 19.4 Å². The van der Waals surface area contributed by atoms with E-state index in [2.05, 4.69) is 10.1 Å². The number of ether oxygens (including phenoxy) is 1. The summed E-state index contributed by atoms with van der Waals surface area (Å²) in [5.41, 5.74) is 0.657. The Bertz CT molecular complexity index is 569. The van der Waals surface area contributed by atoms with Crippen LogP contribution in [0.3, 0.4) is 0 Å². The molecule has 1 saturated carbocycles. The van der Waals surface area contributed by atoms with Gasteiger partial charge in [-0.1, -0.05) is 26.0 Å². The maximum Gasteiger partial charge on any atom is 0.573 e. The molecule has 0 spiro atoms. The van der Waals surface area contributed by atoms with Crippen molar-refractivity contribution in [2.24, 2.45) is 11.3 Å². The van der Waals surface area contributed by atoms with Gasteiger partial charge >= 0.3 is 6.36 Å². The van der Waals surface area contributed by atoms with Gasteiger partial charge in [-0.25, -0.2) is 0 Å². The van der Waals surface area contributed by atoms with E-state index in [0.717, 1.165) is 5.56 Å². The zero-order valence-corrected chi connectivity index (χ0v) is 13.7. The molecule has 1 fully saturated rings. The number of aliphatic hydroxyl groups excluding tert-OH is 1. The highest BCUT2D eigenvalue weighted by molar-refractivity contribution is 5.82. The van der Waals surface area contributed by atoms with Crippen LogP contribution in [0.25, 0.3) is 0 Å². The molecule has 0 aromatic heterocycles. The van der Waals surface area contributed by atoms with Gasteiger partial charge in [-0.15, -0.1) is 13.2 Å². The van der Waals surface area contributed by atoms with Gasteiger partial charge in [-0.3, -0.25) is 4.79 Å². The Morgan fingerprint density at radius 3 is 2.46 bits per heavy atom. The number of carbonyl (C=O) groups is 1. The Labute approximate surface area is 139 Å². The highest BCUT2D eigenvalue weighted by Gasteiger charge is 2.44.